The molecule has 0 fully saturated rings. The van der Waals surface area contributed by atoms with Gasteiger partial charge in [-0.3, -0.25) is 0 Å². The summed E-state index contributed by atoms with van der Waals surface area (Å²) in [6, 6.07) is 11.2. The lowest BCUT2D eigenvalue weighted by atomic mass is 10.2. The molecule has 1 N–H and O–H groups in total. The van der Waals surface area contributed by atoms with E-state index in [1.165, 1.54) is 18.2 Å². The molecule has 0 bridgehead atoms. The van der Waals surface area contributed by atoms with E-state index in [2.05, 4.69) is 5.32 Å². The summed E-state index contributed by atoms with van der Waals surface area (Å²) in [4.78, 5) is 0. The summed E-state index contributed by atoms with van der Waals surface area (Å²) in [6.07, 6.45) is 0. The maximum Gasteiger partial charge on any atom is 0.130 e. The fourth-order valence-electron chi connectivity index (χ4n) is 1.68. The van der Waals surface area contributed by atoms with Crippen LogP contribution in [0.4, 0.5) is 8.78 Å². The predicted octanol–water partition coefficient (Wildman–Crippen LogP) is 3.91. The Morgan fingerprint density at radius 2 is 1.61 bits per heavy atom. The second kappa shape index (κ2) is 5.94. The summed E-state index contributed by atoms with van der Waals surface area (Å²) in [7, 11) is 0. The highest BCUT2D eigenvalue weighted by molar-refractivity contribution is 6.30. The largest absolute Gasteiger partial charge is 0.308 e. The minimum absolute atomic E-state index is 0.0551. The lowest BCUT2D eigenvalue weighted by molar-refractivity contribution is 0.535. The van der Waals surface area contributed by atoms with Crippen LogP contribution in [0.5, 0.6) is 0 Å². The Morgan fingerprint density at radius 1 is 0.944 bits per heavy atom. The minimum atomic E-state index is -0.534. The van der Waals surface area contributed by atoms with Crippen LogP contribution in [0, 0.1) is 11.6 Å². The van der Waals surface area contributed by atoms with E-state index >= 15 is 0 Å². The van der Waals surface area contributed by atoms with Crippen LogP contribution in [0.15, 0.2) is 42.5 Å². The van der Waals surface area contributed by atoms with E-state index in [4.69, 9.17) is 11.6 Å². The van der Waals surface area contributed by atoms with Crippen LogP contribution in [0.2, 0.25) is 5.02 Å². The highest BCUT2D eigenvalue weighted by atomic mass is 35.5. The summed E-state index contributed by atoms with van der Waals surface area (Å²) in [5.74, 6) is -1.07. The monoisotopic (exact) mass is 267 g/mol. The molecule has 4 heteroatoms. The molecule has 0 heterocycles. The number of hydrogen-bond donors (Lipinski definition) is 1. The van der Waals surface area contributed by atoms with Crippen molar-refractivity contribution in [2.24, 2.45) is 0 Å². The second-order valence-electron chi connectivity index (χ2n) is 3.93. The molecule has 0 saturated heterocycles. The van der Waals surface area contributed by atoms with Crippen molar-refractivity contribution in [2.45, 2.75) is 13.1 Å². The molecule has 0 saturated carbocycles. The van der Waals surface area contributed by atoms with Gasteiger partial charge in [0.1, 0.15) is 11.6 Å². The Hall–Kier alpha value is -1.45. The zero-order chi connectivity index (χ0) is 13.0. The fraction of sp³-hybridized carbons (Fsp3) is 0.143. The molecule has 0 atom stereocenters. The van der Waals surface area contributed by atoms with Gasteiger partial charge in [-0.1, -0.05) is 29.8 Å². The third-order valence-corrected chi connectivity index (χ3v) is 2.82. The normalized spacial score (nSPS) is 10.6. The van der Waals surface area contributed by atoms with Crippen molar-refractivity contribution in [1.82, 2.24) is 5.32 Å². The van der Waals surface area contributed by atoms with E-state index in [0.29, 0.717) is 11.6 Å². The number of nitrogens with one attached hydrogen (secondary N) is 1. The highest BCUT2D eigenvalue weighted by Crippen LogP contribution is 2.13. The zero-order valence-electron chi connectivity index (χ0n) is 9.59. The van der Waals surface area contributed by atoms with Gasteiger partial charge in [0.05, 0.1) is 0 Å². The van der Waals surface area contributed by atoms with Crippen molar-refractivity contribution in [3.63, 3.8) is 0 Å². The first-order valence-electron chi connectivity index (χ1n) is 5.55. The molecule has 0 amide bonds. The maximum absolute atomic E-state index is 13.3. The summed E-state index contributed by atoms with van der Waals surface area (Å²) in [6.45, 7) is 0.652. The molecule has 2 aromatic carbocycles. The molecule has 0 aliphatic rings. The van der Waals surface area contributed by atoms with Crippen molar-refractivity contribution in [3.8, 4) is 0 Å². The van der Waals surface area contributed by atoms with Gasteiger partial charge in [-0.25, -0.2) is 8.78 Å². The molecule has 94 valence electrons. The Morgan fingerprint density at radius 3 is 2.28 bits per heavy atom. The van der Waals surface area contributed by atoms with Crippen LogP contribution < -0.4 is 5.32 Å². The average Bonchev–Trinajstić information content (AvgIpc) is 2.33. The first kappa shape index (κ1) is 13.0. The number of rotatable bonds is 4. The molecule has 2 aromatic rings. The summed E-state index contributed by atoms with van der Waals surface area (Å²) < 4.78 is 26.7. The van der Waals surface area contributed by atoms with E-state index < -0.39 is 11.6 Å². The molecule has 0 aliphatic carbocycles. The number of halogens is 3. The van der Waals surface area contributed by atoms with Crippen molar-refractivity contribution in [1.29, 1.82) is 0 Å². The zero-order valence-corrected chi connectivity index (χ0v) is 10.3. The van der Waals surface area contributed by atoms with Crippen LogP contribution >= 0.6 is 11.6 Å². The SMILES string of the molecule is Fc1cccc(F)c1CNCc1cccc(Cl)c1. The standard InChI is InChI=1S/C14H12ClF2N/c15-11-4-1-3-10(7-11)8-18-9-12-13(16)5-2-6-14(12)17/h1-7,18H,8-9H2. The summed E-state index contributed by atoms with van der Waals surface area (Å²) >= 11 is 5.84. The molecular weight excluding hydrogens is 256 g/mol. The number of benzene rings is 2. The van der Waals surface area contributed by atoms with Crippen molar-refractivity contribution >= 4 is 11.6 Å². The smallest absolute Gasteiger partial charge is 0.130 e. The van der Waals surface area contributed by atoms with Gasteiger partial charge in [-0.05, 0) is 29.8 Å². The van der Waals surface area contributed by atoms with Gasteiger partial charge in [0, 0.05) is 23.7 Å². The van der Waals surface area contributed by atoms with Gasteiger partial charge in [0.2, 0.25) is 0 Å². The molecule has 0 unspecified atom stereocenters. The van der Waals surface area contributed by atoms with Gasteiger partial charge in [-0.2, -0.15) is 0 Å². The van der Waals surface area contributed by atoms with Crippen LogP contribution in [0.25, 0.3) is 0 Å². The van der Waals surface area contributed by atoms with E-state index in [-0.39, 0.29) is 12.1 Å². The highest BCUT2D eigenvalue weighted by Gasteiger charge is 2.07. The van der Waals surface area contributed by atoms with Gasteiger partial charge >= 0.3 is 0 Å². The van der Waals surface area contributed by atoms with Crippen LogP contribution in [0.1, 0.15) is 11.1 Å². The molecule has 18 heavy (non-hydrogen) atoms. The van der Waals surface area contributed by atoms with E-state index in [1.54, 1.807) is 6.07 Å². The Kier molecular flexibility index (Phi) is 4.28. The Labute approximate surface area is 109 Å². The molecule has 0 aliphatic heterocycles. The van der Waals surface area contributed by atoms with Gasteiger partial charge < -0.3 is 5.32 Å². The minimum Gasteiger partial charge on any atom is -0.308 e. The lowest BCUT2D eigenvalue weighted by Crippen LogP contribution is -2.15. The third-order valence-electron chi connectivity index (χ3n) is 2.58. The molecular formula is C14H12ClF2N. The van der Waals surface area contributed by atoms with E-state index in [0.717, 1.165) is 5.56 Å². The fourth-order valence-corrected chi connectivity index (χ4v) is 1.89. The maximum atomic E-state index is 13.3. The molecule has 2 rings (SSSR count). The lowest BCUT2D eigenvalue weighted by Gasteiger charge is -2.07. The van der Waals surface area contributed by atoms with Gasteiger partial charge in [0.25, 0.3) is 0 Å². The molecule has 0 radical (unpaired) electrons. The van der Waals surface area contributed by atoms with E-state index in [9.17, 15) is 8.78 Å². The first-order valence-corrected chi connectivity index (χ1v) is 5.92. The quantitative estimate of drug-likeness (QED) is 0.886. The second-order valence-corrected chi connectivity index (χ2v) is 4.37. The van der Waals surface area contributed by atoms with Crippen molar-refractivity contribution in [2.75, 3.05) is 0 Å². The van der Waals surface area contributed by atoms with Crippen molar-refractivity contribution < 1.29 is 8.78 Å². The predicted molar refractivity (Wildman–Crippen MR) is 68.4 cm³/mol. The molecule has 0 aromatic heterocycles. The van der Waals surface area contributed by atoms with Crippen LogP contribution in [-0.4, -0.2) is 0 Å². The summed E-state index contributed by atoms with van der Waals surface area (Å²) in [5, 5.41) is 3.63. The van der Waals surface area contributed by atoms with E-state index in [1.807, 2.05) is 18.2 Å². The van der Waals surface area contributed by atoms with Crippen LogP contribution in [0.3, 0.4) is 0 Å². The van der Waals surface area contributed by atoms with Gasteiger partial charge in [-0.15, -0.1) is 0 Å². The van der Waals surface area contributed by atoms with Gasteiger partial charge in [0.15, 0.2) is 0 Å². The summed E-state index contributed by atoms with van der Waals surface area (Å²) in [5.41, 5.74) is 1.03. The third kappa shape index (κ3) is 3.28. The Balaban J connectivity index is 1.97. The average molecular weight is 268 g/mol. The molecule has 1 nitrogen and oxygen atoms in total. The Bertz CT molecular complexity index is 523. The van der Waals surface area contributed by atoms with Crippen LogP contribution in [-0.2, 0) is 13.1 Å². The molecule has 0 spiro atoms. The first-order chi connectivity index (χ1) is 8.66. The number of hydrogen-bond acceptors (Lipinski definition) is 1. The van der Waals surface area contributed by atoms with Crippen molar-refractivity contribution in [3.05, 3.63) is 70.2 Å². The topological polar surface area (TPSA) is 12.0 Å².